The van der Waals surface area contributed by atoms with Crippen molar-refractivity contribution in [2.24, 2.45) is 4.99 Å². The lowest BCUT2D eigenvalue weighted by Gasteiger charge is -2.11. The van der Waals surface area contributed by atoms with Gasteiger partial charge >= 0.3 is 10.1 Å². The quantitative estimate of drug-likeness (QED) is 0.190. The first kappa shape index (κ1) is 27.1. The minimum Gasteiger partial charge on any atom is -0.294 e. The van der Waals surface area contributed by atoms with Crippen LogP contribution in [0.4, 0.5) is 11.4 Å². The normalized spacial score (nSPS) is 11.8. The van der Waals surface area contributed by atoms with Crippen LogP contribution in [0.15, 0.2) is 87.5 Å². The number of aromatic amines is 1. The van der Waals surface area contributed by atoms with Crippen molar-refractivity contribution < 1.29 is 12.7 Å². The Kier molecular flexibility index (Phi) is 8.60. The van der Waals surface area contributed by atoms with Gasteiger partial charge in [-0.1, -0.05) is 69.7 Å². The highest BCUT2D eigenvalue weighted by atomic mass is 32.2. The SMILES string of the molecule is CCCc1[nH]n(-c2cccc(S(=O)(=O)ONc3ccccc3CC)c2)c(=O)c1C=Nc1ccccc1CC. The summed E-state index contributed by atoms with van der Waals surface area (Å²) in [4.78, 5) is 17.9. The van der Waals surface area contributed by atoms with Crippen LogP contribution in [0.5, 0.6) is 0 Å². The van der Waals surface area contributed by atoms with Gasteiger partial charge in [-0.2, -0.15) is 8.42 Å². The second-order valence-electron chi connectivity index (χ2n) is 8.78. The van der Waals surface area contributed by atoms with Gasteiger partial charge in [0, 0.05) is 11.9 Å². The van der Waals surface area contributed by atoms with Crippen molar-refractivity contribution in [1.82, 2.24) is 9.78 Å². The van der Waals surface area contributed by atoms with Gasteiger partial charge < -0.3 is 0 Å². The minimum absolute atomic E-state index is 0.0814. The lowest BCUT2D eigenvalue weighted by atomic mass is 10.1. The molecule has 0 saturated carbocycles. The highest BCUT2D eigenvalue weighted by Gasteiger charge is 2.19. The Morgan fingerprint density at radius 1 is 0.947 bits per heavy atom. The second kappa shape index (κ2) is 12.1. The van der Waals surface area contributed by atoms with Crippen LogP contribution in [0.3, 0.4) is 0 Å². The van der Waals surface area contributed by atoms with Crippen LogP contribution in [-0.4, -0.2) is 24.4 Å². The molecule has 0 aliphatic rings. The van der Waals surface area contributed by atoms with Crippen LogP contribution < -0.4 is 11.0 Å². The van der Waals surface area contributed by atoms with Gasteiger partial charge in [0.05, 0.1) is 27.5 Å². The Bertz CT molecular complexity index is 1600. The smallest absolute Gasteiger partial charge is 0.294 e. The van der Waals surface area contributed by atoms with E-state index < -0.39 is 10.1 Å². The molecular weight excluding hydrogens is 500 g/mol. The summed E-state index contributed by atoms with van der Waals surface area (Å²) in [5.41, 5.74) is 7.21. The Morgan fingerprint density at radius 2 is 1.66 bits per heavy atom. The van der Waals surface area contributed by atoms with E-state index in [4.69, 9.17) is 4.28 Å². The van der Waals surface area contributed by atoms with Crippen molar-refractivity contribution in [3.05, 3.63) is 106 Å². The van der Waals surface area contributed by atoms with Crippen LogP contribution in [0.2, 0.25) is 0 Å². The van der Waals surface area contributed by atoms with Gasteiger partial charge in [0.15, 0.2) is 0 Å². The van der Waals surface area contributed by atoms with Gasteiger partial charge in [-0.3, -0.25) is 14.9 Å². The number of hydrogen-bond acceptors (Lipinski definition) is 6. The van der Waals surface area contributed by atoms with Crippen molar-refractivity contribution in [3.8, 4) is 5.69 Å². The maximum absolute atomic E-state index is 13.4. The number of anilines is 1. The number of hydrogen-bond donors (Lipinski definition) is 2. The molecule has 4 aromatic rings. The molecule has 0 unspecified atom stereocenters. The van der Waals surface area contributed by atoms with E-state index in [0.717, 1.165) is 35.3 Å². The summed E-state index contributed by atoms with van der Waals surface area (Å²) in [5.74, 6) is 0. The molecule has 0 spiro atoms. The second-order valence-corrected chi connectivity index (χ2v) is 10.3. The largest absolute Gasteiger partial charge is 0.317 e. The van der Waals surface area contributed by atoms with Gasteiger partial charge in [-0.15, -0.1) is 4.28 Å². The lowest BCUT2D eigenvalue weighted by molar-refractivity contribution is 0.390. The van der Waals surface area contributed by atoms with Crippen LogP contribution in [0.25, 0.3) is 5.69 Å². The minimum atomic E-state index is -4.16. The molecule has 1 aromatic heterocycles. The molecule has 0 aliphatic carbocycles. The molecule has 0 saturated heterocycles. The predicted octanol–water partition coefficient (Wildman–Crippen LogP) is 5.73. The number of benzene rings is 3. The molecule has 3 aromatic carbocycles. The van der Waals surface area contributed by atoms with E-state index in [2.05, 4.69) is 22.5 Å². The zero-order chi connectivity index (χ0) is 27.1. The molecule has 0 aliphatic heterocycles. The molecule has 0 amide bonds. The van der Waals surface area contributed by atoms with Crippen molar-refractivity contribution in [3.63, 3.8) is 0 Å². The Morgan fingerprint density at radius 3 is 2.39 bits per heavy atom. The summed E-state index contributed by atoms with van der Waals surface area (Å²) in [7, 11) is -4.16. The zero-order valence-electron chi connectivity index (χ0n) is 21.8. The van der Waals surface area contributed by atoms with Crippen LogP contribution >= 0.6 is 0 Å². The van der Waals surface area contributed by atoms with Gasteiger partial charge in [0.25, 0.3) is 5.56 Å². The fourth-order valence-corrected chi connectivity index (χ4v) is 4.98. The summed E-state index contributed by atoms with van der Waals surface area (Å²) >= 11 is 0. The number of para-hydroxylation sites is 2. The molecular formula is C29H32N4O4S. The number of H-pyrrole nitrogens is 1. The van der Waals surface area contributed by atoms with Gasteiger partial charge in [0.1, 0.15) is 0 Å². The average Bonchev–Trinajstić information content (AvgIpc) is 3.25. The molecule has 8 nitrogen and oxygen atoms in total. The van der Waals surface area contributed by atoms with Crippen LogP contribution in [-0.2, 0) is 33.7 Å². The van der Waals surface area contributed by atoms with Gasteiger partial charge in [-0.25, -0.2) is 10.2 Å². The number of aryl methyl sites for hydroxylation is 3. The van der Waals surface area contributed by atoms with Crippen molar-refractivity contribution >= 4 is 27.7 Å². The number of aromatic nitrogens is 2. The molecule has 0 fully saturated rings. The molecule has 0 radical (unpaired) electrons. The Labute approximate surface area is 223 Å². The Hall–Kier alpha value is -3.95. The molecule has 38 heavy (non-hydrogen) atoms. The molecule has 0 atom stereocenters. The summed E-state index contributed by atoms with van der Waals surface area (Å²) in [6, 6.07) is 21.2. The highest BCUT2D eigenvalue weighted by molar-refractivity contribution is 7.86. The maximum atomic E-state index is 13.4. The summed E-state index contributed by atoms with van der Waals surface area (Å²) in [6.45, 7) is 6.06. The zero-order valence-corrected chi connectivity index (χ0v) is 22.6. The maximum Gasteiger partial charge on any atom is 0.317 e. The monoisotopic (exact) mass is 532 g/mol. The molecule has 198 valence electrons. The first-order valence-corrected chi connectivity index (χ1v) is 14.1. The average molecular weight is 533 g/mol. The van der Waals surface area contributed by atoms with Crippen LogP contribution in [0.1, 0.15) is 49.6 Å². The van der Waals surface area contributed by atoms with Crippen molar-refractivity contribution in [2.75, 3.05) is 5.48 Å². The number of rotatable bonds is 11. The molecule has 0 bridgehead atoms. The van der Waals surface area contributed by atoms with E-state index in [-0.39, 0.29) is 10.5 Å². The highest BCUT2D eigenvalue weighted by Crippen LogP contribution is 2.21. The third-order valence-corrected chi connectivity index (χ3v) is 7.37. The van der Waals surface area contributed by atoms with Crippen molar-refractivity contribution in [2.45, 2.75) is 51.3 Å². The number of nitrogens with zero attached hydrogens (tertiary/aromatic N) is 2. The standard InChI is InChI=1S/C29H32N4O4S/c1-4-12-28-25(20-30-26-17-9-7-13-21(26)5-2)29(34)33(31-28)23-15-11-16-24(19-23)38(35,36)37-32-27-18-10-8-14-22(27)6-3/h7-11,13-20,31-32H,4-6,12H2,1-3H3. The summed E-state index contributed by atoms with van der Waals surface area (Å²) < 4.78 is 32.4. The third-order valence-electron chi connectivity index (χ3n) is 6.23. The lowest BCUT2D eigenvalue weighted by Crippen LogP contribution is -2.18. The van der Waals surface area contributed by atoms with E-state index in [9.17, 15) is 13.2 Å². The summed E-state index contributed by atoms with van der Waals surface area (Å²) in [5, 5.41) is 3.15. The summed E-state index contributed by atoms with van der Waals surface area (Å²) in [6.07, 6.45) is 4.59. The molecule has 2 N–H and O–H groups in total. The number of aliphatic imine (C=N–C) groups is 1. The van der Waals surface area contributed by atoms with Crippen molar-refractivity contribution in [1.29, 1.82) is 0 Å². The van der Waals surface area contributed by atoms with Gasteiger partial charge in [-0.05, 0) is 60.7 Å². The van der Waals surface area contributed by atoms with E-state index in [1.165, 1.54) is 16.8 Å². The molecule has 4 rings (SSSR count). The first-order valence-electron chi connectivity index (χ1n) is 12.7. The predicted molar refractivity (Wildman–Crippen MR) is 151 cm³/mol. The van der Waals surface area contributed by atoms with E-state index in [1.54, 1.807) is 30.5 Å². The number of nitrogens with one attached hydrogen (secondary N) is 2. The van der Waals surface area contributed by atoms with E-state index >= 15 is 0 Å². The fourth-order valence-electron chi connectivity index (χ4n) is 4.17. The third kappa shape index (κ3) is 5.95. The fraction of sp³-hybridized carbons (Fsp3) is 0.241. The first-order chi connectivity index (χ1) is 18.4. The Balaban J connectivity index is 1.65. The van der Waals surface area contributed by atoms with Gasteiger partial charge in [0.2, 0.25) is 0 Å². The molecule has 1 heterocycles. The van der Waals surface area contributed by atoms with E-state index in [1.807, 2.05) is 50.2 Å². The molecule has 9 heteroatoms. The van der Waals surface area contributed by atoms with Crippen LogP contribution in [0, 0.1) is 0 Å². The van der Waals surface area contributed by atoms with E-state index in [0.29, 0.717) is 29.8 Å². The topological polar surface area (TPSA) is 106 Å².